The van der Waals surface area contributed by atoms with Gasteiger partial charge < -0.3 is 15.4 Å². The maximum absolute atomic E-state index is 10.7. The molecule has 0 aliphatic carbocycles. The maximum atomic E-state index is 10.7. The predicted molar refractivity (Wildman–Crippen MR) is 159 cm³/mol. The fraction of sp³-hybridized carbons (Fsp3) is 0.571. The van der Waals surface area contributed by atoms with Gasteiger partial charge in [-0.2, -0.15) is 0 Å². The molecule has 2 aromatic carbocycles. The van der Waals surface area contributed by atoms with Gasteiger partial charge in [0.05, 0.1) is 36.4 Å². The minimum atomic E-state index is -0.383. The second-order valence-corrected chi connectivity index (χ2v) is 10.5. The molecular formula is C28H42N8O5. The molecule has 2 heterocycles. The van der Waals surface area contributed by atoms with Crippen LogP contribution in [0.2, 0.25) is 0 Å². The van der Waals surface area contributed by atoms with Gasteiger partial charge in [-0.25, -0.2) is 0 Å². The van der Waals surface area contributed by atoms with Gasteiger partial charge in [0.2, 0.25) is 0 Å². The summed E-state index contributed by atoms with van der Waals surface area (Å²) in [6.45, 7) is 13.4. The number of non-ortho nitro benzene ring substituents is 2. The van der Waals surface area contributed by atoms with Crippen molar-refractivity contribution in [2.24, 2.45) is 0 Å². The lowest BCUT2D eigenvalue weighted by Gasteiger charge is -2.20. The third kappa shape index (κ3) is 10.5. The summed E-state index contributed by atoms with van der Waals surface area (Å²) >= 11 is 0. The van der Waals surface area contributed by atoms with E-state index in [-0.39, 0.29) is 21.2 Å². The molecule has 2 saturated heterocycles. The summed E-state index contributed by atoms with van der Waals surface area (Å²) in [4.78, 5) is 30.5. The maximum Gasteiger partial charge on any atom is 0.269 e. The van der Waals surface area contributed by atoms with Gasteiger partial charge in [0.25, 0.3) is 11.4 Å². The number of nitro groups is 2. The van der Waals surface area contributed by atoms with E-state index >= 15 is 0 Å². The van der Waals surface area contributed by atoms with E-state index in [4.69, 9.17) is 4.74 Å². The molecule has 2 aromatic rings. The van der Waals surface area contributed by atoms with Crippen molar-refractivity contribution in [1.82, 2.24) is 19.6 Å². The zero-order chi connectivity index (χ0) is 28.9. The van der Waals surface area contributed by atoms with Crippen LogP contribution in [-0.2, 0) is 4.74 Å². The van der Waals surface area contributed by atoms with Crippen LogP contribution in [0.4, 0.5) is 22.7 Å². The minimum Gasteiger partial charge on any atom is -0.385 e. The monoisotopic (exact) mass is 570 g/mol. The number of rotatable bonds is 18. The molecule has 0 radical (unpaired) electrons. The van der Waals surface area contributed by atoms with Crippen LogP contribution in [-0.4, -0.2) is 121 Å². The Balaban J connectivity index is 0.962. The van der Waals surface area contributed by atoms with E-state index in [9.17, 15) is 20.2 Å². The Kier molecular flexibility index (Phi) is 12.1. The molecule has 0 amide bonds. The Morgan fingerprint density at radius 1 is 0.610 bits per heavy atom. The first-order valence-corrected chi connectivity index (χ1v) is 14.4. The topological polar surface area (TPSA) is 133 Å². The van der Waals surface area contributed by atoms with E-state index in [1.807, 2.05) is 0 Å². The number of hydrogen-bond acceptors (Lipinski definition) is 11. The minimum absolute atomic E-state index is 0.111. The van der Waals surface area contributed by atoms with E-state index in [0.29, 0.717) is 0 Å². The van der Waals surface area contributed by atoms with Crippen LogP contribution in [0.5, 0.6) is 0 Å². The first-order chi connectivity index (χ1) is 20.0. The molecule has 0 atom stereocenters. The summed E-state index contributed by atoms with van der Waals surface area (Å²) in [6.07, 6.45) is 2.04. The van der Waals surface area contributed by atoms with Gasteiger partial charge in [0.15, 0.2) is 0 Å². The third-order valence-electron chi connectivity index (χ3n) is 7.49. The van der Waals surface area contributed by atoms with Crippen LogP contribution in [0.25, 0.3) is 0 Å². The highest BCUT2D eigenvalue weighted by Crippen LogP contribution is 2.16. The molecule has 4 rings (SSSR count). The van der Waals surface area contributed by atoms with Gasteiger partial charge in [-0.3, -0.25) is 39.8 Å². The average molecular weight is 571 g/mol. The van der Waals surface area contributed by atoms with Gasteiger partial charge in [0.1, 0.15) is 0 Å². The van der Waals surface area contributed by atoms with Crippen LogP contribution in [0, 0.1) is 20.2 Å². The predicted octanol–water partition coefficient (Wildman–Crippen LogP) is 2.97. The molecule has 41 heavy (non-hydrogen) atoms. The summed E-state index contributed by atoms with van der Waals surface area (Å²) in [7, 11) is 0. The summed E-state index contributed by atoms with van der Waals surface area (Å²) in [5, 5.41) is 28.2. The third-order valence-corrected chi connectivity index (χ3v) is 7.49. The number of benzene rings is 2. The molecule has 224 valence electrons. The van der Waals surface area contributed by atoms with E-state index in [1.165, 1.54) is 24.3 Å². The molecular weight excluding hydrogens is 528 g/mol. The van der Waals surface area contributed by atoms with Crippen molar-refractivity contribution >= 4 is 22.7 Å². The summed E-state index contributed by atoms with van der Waals surface area (Å²) < 4.78 is 5.94. The van der Waals surface area contributed by atoms with Crippen LogP contribution in [0.15, 0.2) is 48.5 Å². The quantitative estimate of drug-likeness (QED) is 0.156. The molecule has 2 N–H and O–H groups in total. The van der Waals surface area contributed by atoms with Gasteiger partial charge >= 0.3 is 0 Å². The van der Waals surface area contributed by atoms with Gasteiger partial charge in [0, 0.05) is 101 Å². The van der Waals surface area contributed by atoms with Crippen LogP contribution >= 0.6 is 0 Å². The van der Waals surface area contributed by atoms with Gasteiger partial charge in [-0.15, -0.1) is 0 Å². The Labute approximate surface area is 241 Å². The van der Waals surface area contributed by atoms with Crippen molar-refractivity contribution in [2.45, 2.75) is 12.8 Å². The summed E-state index contributed by atoms with van der Waals surface area (Å²) in [5.74, 6) is 0. The number of hydrogen-bond donors (Lipinski definition) is 2. The highest BCUT2D eigenvalue weighted by molar-refractivity contribution is 5.49. The van der Waals surface area contributed by atoms with Crippen molar-refractivity contribution in [3.05, 3.63) is 68.8 Å². The van der Waals surface area contributed by atoms with Crippen molar-refractivity contribution < 1.29 is 14.6 Å². The number of anilines is 2. The Hall–Kier alpha value is -3.36. The number of nitrogens with one attached hydrogen (secondary N) is 2. The SMILES string of the molecule is O=[N+]([O-])c1ccc(NCCCN2CCN(CCOCCN3CCN(CCCNc4ccc([N+](=O)[O-])cc4)C3)C2)cc1. The smallest absolute Gasteiger partial charge is 0.269 e. The van der Waals surface area contributed by atoms with E-state index in [1.54, 1.807) is 24.3 Å². The molecule has 0 spiro atoms. The lowest BCUT2D eigenvalue weighted by molar-refractivity contribution is -0.385. The van der Waals surface area contributed by atoms with E-state index < -0.39 is 0 Å². The fourth-order valence-corrected chi connectivity index (χ4v) is 5.11. The molecule has 13 heteroatoms. The molecule has 2 fully saturated rings. The van der Waals surface area contributed by atoms with E-state index in [2.05, 4.69) is 30.2 Å². The van der Waals surface area contributed by atoms with Crippen LogP contribution in [0.3, 0.4) is 0 Å². The first-order valence-electron chi connectivity index (χ1n) is 14.4. The molecule has 2 aliphatic rings. The number of ether oxygens (including phenoxy) is 1. The standard InChI is InChI=1S/C28H42N8O5/c37-35(38)27-7-3-25(4-8-27)29-11-1-13-31-15-17-33(23-31)19-21-41-22-20-34-18-16-32(24-34)14-2-12-30-26-5-9-28(10-6-26)36(39)40/h3-10,29-30H,1-2,11-24H2. The van der Waals surface area contributed by atoms with Gasteiger partial charge in [-0.1, -0.05) is 0 Å². The fourth-order valence-electron chi connectivity index (χ4n) is 5.11. The highest BCUT2D eigenvalue weighted by Gasteiger charge is 2.20. The molecule has 0 unspecified atom stereocenters. The Morgan fingerprint density at radius 3 is 1.34 bits per heavy atom. The number of nitro benzene ring substituents is 2. The highest BCUT2D eigenvalue weighted by atomic mass is 16.6. The Morgan fingerprint density at radius 2 is 0.976 bits per heavy atom. The largest absolute Gasteiger partial charge is 0.385 e. The molecule has 2 aliphatic heterocycles. The number of nitrogens with zero attached hydrogens (tertiary/aromatic N) is 6. The molecule has 0 saturated carbocycles. The van der Waals surface area contributed by atoms with Crippen molar-refractivity contribution in [3.8, 4) is 0 Å². The lowest BCUT2D eigenvalue weighted by Crippen LogP contribution is -2.31. The second-order valence-electron chi connectivity index (χ2n) is 10.5. The normalized spacial score (nSPS) is 16.8. The van der Waals surface area contributed by atoms with E-state index in [0.717, 1.165) is 116 Å². The summed E-state index contributed by atoms with van der Waals surface area (Å²) in [5.41, 5.74) is 2.04. The Bertz CT molecular complexity index is 1000. The first kappa shape index (κ1) is 30.6. The van der Waals surface area contributed by atoms with Crippen molar-refractivity contribution in [3.63, 3.8) is 0 Å². The molecule has 0 aromatic heterocycles. The van der Waals surface area contributed by atoms with Crippen LogP contribution in [0.1, 0.15) is 12.8 Å². The van der Waals surface area contributed by atoms with Crippen molar-refractivity contribution in [2.75, 3.05) is 103 Å². The second kappa shape index (κ2) is 16.2. The zero-order valence-electron chi connectivity index (χ0n) is 23.7. The zero-order valence-corrected chi connectivity index (χ0v) is 23.7. The average Bonchev–Trinajstić information content (AvgIpc) is 3.63. The van der Waals surface area contributed by atoms with Gasteiger partial charge in [-0.05, 0) is 37.1 Å². The van der Waals surface area contributed by atoms with Crippen LogP contribution < -0.4 is 10.6 Å². The molecule has 0 bridgehead atoms. The summed E-state index contributed by atoms with van der Waals surface area (Å²) in [6, 6.07) is 13.1. The lowest BCUT2D eigenvalue weighted by atomic mass is 10.3. The molecule has 13 nitrogen and oxygen atoms in total. The van der Waals surface area contributed by atoms with Crippen molar-refractivity contribution in [1.29, 1.82) is 0 Å².